The van der Waals surface area contributed by atoms with Gasteiger partial charge in [0, 0.05) is 32.2 Å². The molecule has 1 atom stereocenters. The second kappa shape index (κ2) is 7.65. The highest BCUT2D eigenvalue weighted by Crippen LogP contribution is 2.07. The van der Waals surface area contributed by atoms with E-state index in [1.807, 2.05) is 6.92 Å². The number of amides is 1. The first-order valence-corrected chi connectivity index (χ1v) is 5.90. The van der Waals surface area contributed by atoms with Gasteiger partial charge < -0.3 is 15.4 Å². The monoisotopic (exact) mass is 214 g/mol. The summed E-state index contributed by atoms with van der Waals surface area (Å²) in [5.41, 5.74) is 0. The molecule has 1 aliphatic rings. The zero-order valence-corrected chi connectivity index (χ0v) is 9.55. The minimum Gasteiger partial charge on any atom is -0.382 e. The second-order valence-electron chi connectivity index (χ2n) is 3.90. The van der Waals surface area contributed by atoms with Crippen LogP contribution in [0.2, 0.25) is 0 Å². The molecule has 0 aromatic rings. The van der Waals surface area contributed by atoms with Crippen molar-refractivity contribution in [3.05, 3.63) is 0 Å². The number of hydrogen-bond donors (Lipinski definition) is 2. The molecule has 88 valence electrons. The van der Waals surface area contributed by atoms with E-state index in [4.69, 9.17) is 4.74 Å². The van der Waals surface area contributed by atoms with Crippen LogP contribution in [0.4, 0.5) is 0 Å². The maximum atomic E-state index is 11.4. The molecule has 0 aromatic carbocycles. The third-order valence-electron chi connectivity index (χ3n) is 2.59. The van der Waals surface area contributed by atoms with Crippen molar-refractivity contribution >= 4 is 5.91 Å². The molecule has 4 nitrogen and oxygen atoms in total. The lowest BCUT2D eigenvalue weighted by Crippen LogP contribution is -2.32. The zero-order valence-electron chi connectivity index (χ0n) is 9.55. The van der Waals surface area contributed by atoms with E-state index in [1.165, 1.54) is 6.42 Å². The highest BCUT2D eigenvalue weighted by Gasteiger charge is 2.16. The van der Waals surface area contributed by atoms with Crippen molar-refractivity contribution < 1.29 is 9.53 Å². The molecule has 2 N–H and O–H groups in total. The average molecular weight is 214 g/mol. The first kappa shape index (κ1) is 12.5. The number of carbonyl (C=O) groups is 1. The Labute approximate surface area is 91.8 Å². The van der Waals surface area contributed by atoms with E-state index in [2.05, 4.69) is 10.6 Å². The minimum absolute atomic E-state index is 0.158. The van der Waals surface area contributed by atoms with Crippen LogP contribution in [0.25, 0.3) is 0 Å². The van der Waals surface area contributed by atoms with E-state index < -0.39 is 0 Å². The summed E-state index contributed by atoms with van der Waals surface area (Å²) < 4.78 is 5.19. The summed E-state index contributed by atoms with van der Waals surface area (Å²) >= 11 is 0. The van der Waals surface area contributed by atoms with Crippen LogP contribution in [0.1, 0.15) is 32.6 Å². The summed E-state index contributed by atoms with van der Waals surface area (Å²) in [6.07, 6.45) is 3.85. The Morgan fingerprint density at radius 1 is 1.60 bits per heavy atom. The summed E-state index contributed by atoms with van der Waals surface area (Å²) in [4.78, 5) is 11.4. The fraction of sp³-hybridized carbons (Fsp3) is 0.909. The van der Waals surface area contributed by atoms with Gasteiger partial charge in [-0.2, -0.15) is 0 Å². The van der Waals surface area contributed by atoms with Gasteiger partial charge in [0.25, 0.3) is 0 Å². The maximum absolute atomic E-state index is 11.4. The second-order valence-corrected chi connectivity index (χ2v) is 3.90. The lowest BCUT2D eigenvalue weighted by atomic mass is 10.1. The van der Waals surface area contributed by atoms with Gasteiger partial charge in [-0.25, -0.2) is 0 Å². The normalized spacial score (nSPS) is 20.5. The van der Waals surface area contributed by atoms with E-state index in [-0.39, 0.29) is 5.91 Å². The van der Waals surface area contributed by atoms with Gasteiger partial charge in [-0.15, -0.1) is 0 Å². The number of nitrogens with one attached hydrogen (secondary N) is 2. The Morgan fingerprint density at radius 3 is 3.13 bits per heavy atom. The molecule has 1 heterocycles. The fourth-order valence-electron chi connectivity index (χ4n) is 1.77. The van der Waals surface area contributed by atoms with Crippen molar-refractivity contribution in [2.75, 3.05) is 26.3 Å². The molecule has 0 radical (unpaired) electrons. The van der Waals surface area contributed by atoms with Gasteiger partial charge in [0.05, 0.1) is 0 Å². The molecule has 0 aromatic heterocycles. The summed E-state index contributed by atoms with van der Waals surface area (Å²) in [5, 5.41) is 6.22. The topological polar surface area (TPSA) is 50.4 Å². The van der Waals surface area contributed by atoms with Crippen molar-refractivity contribution in [2.45, 2.75) is 38.6 Å². The Balaban J connectivity index is 1.93. The Morgan fingerprint density at radius 2 is 2.47 bits per heavy atom. The van der Waals surface area contributed by atoms with E-state index >= 15 is 0 Å². The molecule has 1 aliphatic heterocycles. The van der Waals surface area contributed by atoms with Gasteiger partial charge in [-0.3, -0.25) is 4.79 Å². The molecule has 15 heavy (non-hydrogen) atoms. The van der Waals surface area contributed by atoms with Crippen LogP contribution < -0.4 is 10.6 Å². The highest BCUT2D eigenvalue weighted by atomic mass is 16.5. The zero-order chi connectivity index (χ0) is 10.9. The Hall–Kier alpha value is -0.610. The number of ether oxygens (including phenoxy) is 1. The third kappa shape index (κ3) is 5.74. The molecular weight excluding hydrogens is 192 g/mol. The molecule has 0 saturated carbocycles. The summed E-state index contributed by atoms with van der Waals surface area (Å²) in [7, 11) is 0. The van der Waals surface area contributed by atoms with E-state index in [9.17, 15) is 4.79 Å². The predicted octanol–water partition coefficient (Wildman–Crippen LogP) is 0.671. The van der Waals surface area contributed by atoms with Gasteiger partial charge in [-0.05, 0) is 32.7 Å². The Bertz CT molecular complexity index is 179. The first-order valence-electron chi connectivity index (χ1n) is 5.90. The molecule has 4 heteroatoms. The van der Waals surface area contributed by atoms with E-state index in [1.54, 1.807) is 0 Å². The van der Waals surface area contributed by atoms with Crippen molar-refractivity contribution in [3.8, 4) is 0 Å². The summed E-state index contributed by atoms with van der Waals surface area (Å²) in [6, 6.07) is 0.400. The molecule has 0 spiro atoms. The van der Waals surface area contributed by atoms with Crippen molar-refractivity contribution in [3.63, 3.8) is 0 Å². The van der Waals surface area contributed by atoms with Crippen LogP contribution in [0, 0.1) is 0 Å². The molecule has 1 fully saturated rings. The quantitative estimate of drug-likeness (QED) is 0.612. The van der Waals surface area contributed by atoms with Crippen LogP contribution in [0.5, 0.6) is 0 Å². The van der Waals surface area contributed by atoms with Gasteiger partial charge in [0.1, 0.15) is 0 Å². The summed E-state index contributed by atoms with van der Waals surface area (Å²) in [6.45, 7) is 5.25. The molecule has 1 amide bonds. The Kier molecular flexibility index (Phi) is 6.36. The van der Waals surface area contributed by atoms with Crippen LogP contribution in [-0.4, -0.2) is 38.3 Å². The van der Waals surface area contributed by atoms with Gasteiger partial charge in [0.2, 0.25) is 5.91 Å². The van der Waals surface area contributed by atoms with Gasteiger partial charge in [0.15, 0.2) is 0 Å². The molecule has 1 unspecified atom stereocenters. The highest BCUT2D eigenvalue weighted by molar-refractivity contribution is 5.76. The lowest BCUT2D eigenvalue weighted by molar-refractivity contribution is -0.121. The largest absolute Gasteiger partial charge is 0.382 e. The number of rotatable bonds is 7. The van der Waals surface area contributed by atoms with Crippen molar-refractivity contribution in [2.24, 2.45) is 0 Å². The maximum Gasteiger partial charge on any atom is 0.221 e. The first-order chi connectivity index (χ1) is 7.33. The SMILES string of the molecule is CCOCCCNC(=O)CC1CCCN1. The third-order valence-corrected chi connectivity index (χ3v) is 2.59. The molecule has 0 bridgehead atoms. The minimum atomic E-state index is 0.158. The predicted molar refractivity (Wildman–Crippen MR) is 59.8 cm³/mol. The van der Waals surface area contributed by atoms with Crippen LogP contribution in [-0.2, 0) is 9.53 Å². The fourth-order valence-corrected chi connectivity index (χ4v) is 1.77. The van der Waals surface area contributed by atoms with E-state index in [0.29, 0.717) is 12.5 Å². The van der Waals surface area contributed by atoms with Crippen molar-refractivity contribution in [1.82, 2.24) is 10.6 Å². The van der Waals surface area contributed by atoms with E-state index in [0.717, 1.165) is 39.1 Å². The summed E-state index contributed by atoms with van der Waals surface area (Å²) in [5.74, 6) is 0.158. The van der Waals surface area contributed by atoms with Gasteiger partial charge >= 0.3 is 0 Å². The molecule has 1 saturated heterocycles. The lowest BCUT2D eigenvalue weighted by Gasteiger charge is -2.10. The number of carbonyl (C=O) groups excluding carboxylic acids is 1. The van der Waals surface area contributed by atoms with Crippen LogP contribution in [0.3, 0.4) is 0 Å². The smallest absolute Gasteiger partial charge is 0.221 e. The standard InChI is InChI=1S/C11H22N2O2/c1-2-15-8-4-7-13-11(14)9-10-5-3-6-12-10/h10,12H,2-9H2,1H3,(H,13,14). The molecular formula is C11H22N2O2. The van der Waals surface area contributed by atoms with Crippen LogP contribution >= 0.6 is 0 Å². The molecule has 0 aliphatic carbocycles. The average Bonchev–Trinajstić information content (AvgIpc) is 2.70. The molecule has 1 rings (SSSR count). The number of hydrogen-bond acceptors (Lipinski definition) is 3. The van der Waals surface area contributed by atoms with Crippen molar-refractivity contribution in [1.29, 1.82) is 0 Å². The van der Waals surface area contributed by atoms with Crippen LogP contribution in [0.15, 0.2) is 0 Å². The van der Waals surface area contributed by atoms with Gasteiger partial charge in [-0.1, -0.05) is 0 Å².